The molecule has 42 heavy (non-hydrogen) atoms. The number of carbonyl (C=O) groups is 2. The topological polar surface area (TPSA) is 163 Å². The standard InChI is InChI=1S/C30H32Cl2N4O5S/c1-3-24(17-35)42(40,41)18-26(21(15-33)16-34)36-28(19-8-10-22(31)11-9-19)25(20-6-5-7-23(32)12-20)13-30(4-2,29(36)39)14-27(37)38/h3-12,15-17,21,24-26,28,33-35H,1-2,13-14,18H2,(H,37,38)/t21?,24?,25-,26-,28-,30-/m1/s1. The van der Waals surface area contributed by atoms with Crippen molar-refractivity contribution >= 4 is 63.6 Å². The first-order valence-electron chi connectivity index (χ1n) is 12.9. The van der Waals surface area contributed by atoms with Crippen molar-refractivity contribution in [3.63, 3.8) is 0 Å². The van der Waals surface area contributed by atoms with E-state index in [0.29, 0.717) is 27.4 Å². The molecule has 3 rings (SSSR count). The number of likely N-dealkylation sites (tertiary alicyclic amines) is 1. The summed E-state index contributed by atoms with van der Waals surface area (Å²) in [5, 5.41) is 33.1. The predicted octanol–water partition coefficient (Wildman–Crippen LogP) is 5.60. The number of nitrogens with zero attached hydrogens (tertiary/aromatic N) is 1. The number of carboxylic acid groups (broad SMARTS) is 1. The van der Waals surface area contributed by atoms with E-state index in [2.05, 4.69) is 13.2 Å². The van der Waals surface area contributed by atoms with Crippen LogP contribution in [0.4, 0.5) is 0 Å². The molecule has 0 aliphatic carbocycles. The van der Waals surface area contributed by atoms with Crippen LogP contribution >= 0.6 is 23.2 Å². The molecule has 5 atom stereocenters. The number of sulfone groups is 1. The maximum atomic E-state index is 14.6. The number of halogens is 2. The number of amides is 1. The highest BCUT2D eigenvalue weighted by Gasteiger charge is 2.55. The van der Waals surface area contributed by atoms with Crippen LogP contribution in [0.2, 0.25) is 10.0 Å². The fourth-order valence-electron chi connectivity index (χ4n) is 5.59. The molecule has 9 nitrogen and oxygen atoms in total. The number of carbonyl (C=O) groups excluding carboxylic acids is 1. The van der Waals surface area contributed by atoms with Crippen molar-refractivity contribution < 1.29 is 23.1 Å². The minimum atomic E-state index is -4.17. The lowest BCUT2D eigenvalue weighted by molar-refractivity contribution is -0.157. The first-order valence-corrected chi connectivity index (χ1v) is 15.4. The van der Waals surface area contributed by atoms with E-state index < -0.39 is 68.5 Å². The molecule has 1 heterocycles. The number of piperidine rings is 1. The molecule has 1 fully saturated rings. The summed E-state index contributed by atoms with van der Waals surface area (Å²) < 4.78 is 27.0. The van der Waals surface area contributed by atoms with Gasteiger partial charge in [-0.25, -0.2) is 8.42 Å². The molecule has 1 aliphatic rings. The van der Waals surface area contributed by atoms with Crippen molar-refractivity contribution in [3.8, 4) is 0 Å². The Hall–Kier alpha value is -3.60. The second kappa shape index (κ2) is 13.6. The number of nitrogens with one attached hydrogen (secondary N) is 3. The van der Waals surface area contributed by atoms with Gasteiger partial charge in [0.05, 0.1) is 29.7 Å². The van der Waals surface area contributed by atoms with Gasteiger partial charge in [0.25, 0.3) is 0 Å². The fraction of sp³-hybridized carbons (Fsp3) is 0.300. The zero-order valence-corrected chi connectivity index (χ0v) is 24.9. The number of hydrogen-bond acceptors (Lipinski definition) is 7. The van der Waals surface area contributed by atoms with Gasteiger partial charge in [-0.3, -0.25) is 9.59 Å². The van der Waals surface area contributed by atoms with Gasteiger partial charge in [-0.2, -0.15) is 0 Å². The lowest BCUT2D eigenvalue weighted by Gasteiger charge is -2.52. The maximum absolute atomic E-state index is 14.6. The summed E-state index contributed by atoms with van der Waals surface area (Å²) in [6.45, 7) is 7.33. The van der Waals surface area contributed by atoms with Crippen LogP contribution in [0.1, 0.15) is 35.9 Å². The molecule has 1 unspecified atom stereocenters. The molecule has 0 saturated carbocycles. The molecular weight excluding hydrogens is 599 g/mol. The number of carboxylic acids is 1. The largest absolute Gasteiger partial charge is 0.481 e. The molecule has 2 aromatic carbocycles. The first-order chi connectivity index (χ1) is 19.9. The lowest BCUT2D eigenvalue weighted by atomic mass is 9.66. The highest BCUT2D eigenvalue weighted by molar-refractivity contribution is 7.92. The summed E-state index contributed by atoms with van der Waals surface area (Å²) >= 11 is 12.5. The Bertz CT molecular complexity index is 1480. The molecule has 0 bridgehead atoms. The average Bonchev–Trinajstić information content (AvgIpc) is 2.94. The van der Waals surface area contributed by atoms with Crippen molar-refractivity contribution in [1.29, 1.82) is 16.2 Å². The van der Waals surface area contributed by atoms with Crippen LogP contribution in [0, 0.1) is 27.6 Å². The second-order valence-corrected chi connectivity index (χ2v) is 13.3. The van der Waals surface area contributed by atoms with Crippen molar-refractivity contribution in [1.82, 2.24) is 4.90 Å². The Balaban J connectivity index is 2.42. The summed E-state index contributed by atoms with van der Waals surface area (Å²) in [6.07, 6.45) is 4.24. The highest BCUT2D eigenvalue weighted by Crippen LogP contribution is 2.53. The Morgan fingerprint density at radius 1 is 1.05 bits per heavy atom. The predicted molar refractivity (Wildman–Crippen MR) is 166 cm³/mol. The van der Waals surface area contributed by atoms with E-state index in [1.165, 1.54) is 11.0 Å². The van der Waals surface area contributed by atoms with Gasteiger partial charge in [0, 0.05) is 40.5 Å². The summed E-state index contributed by atoms with van der Waals surface area (Å²) in [4.78, 5) is 28.0. The van der Waals surface area contributed by atoms with Crippen molar-refractivity contribution in [3.05, 3.63) is 95.0 Å². The lowest BCUT2D eigenvalue weighted by Crippen LogP contribution is -2.60. The second-order valence-electron chi connectivity index (χ2n) is 10.2. The smallest absolute Gasteiger partial charge is 0.304 e. The average molecular weight is 632 g/mol. The molecule has 0 radical (unpaired) electrons. The quantitative estimate of drug-likeness (QED) is 0.157. The molecule has 2 aromatic rings. The fourth-order valence-corrected chi connectivity index (χ4v) is 7.50. The molecule has 222 valence electrons. The van der Waals surface area contributed by atoms with Crippen molar-refractivity contribution in [2.75, 3.05) is 5.75 Å². The van der Waals surface area contributed by atoms with E-state index >= 15 is 0 Å². The van der Waals surface area contributed by atoms with E-state index in [0.717, 1.165) is 18.5 Å². The van der Waals surface area contributed by atoms with Gasteiger partial charge >= 0.3 is 5.97 Å². The van der Waals surface area contributed by atoms with Crippen molar-refractivity contribution in [2.24, 2.45) is 11.3 Å². The SMILES string of the molecule is C=CC(C=N)S(=O)(=O)C[C@H](C(C=N)C=N)N1C(=O)[C@@](C=C)(CC(=O)O)C[C@H](c2cccc(Cl)c2)[C@H]1c1ccc(Cl)cc1. The van der Waals surface area contributed by atoms with Gasteiger partial charge in [-0.05, 0) is 41.8 Å². The van der Waals surface area contributed by atoms with E-state index in [1.54, 1.807) is 48.5 Å². The number of benzene rings is 2. The summed E-state index contributed by atoms with van der Waals surface area (Å²) in [5.74, 6) is -4.46. The Labute approximate surface area is 255 Å². The highest BCUT2D eigenvalue weighted by atomic mass is 35.5. The Morgan fingerprint density at radius 3 is 2.19 bits per heavy atom. The number of aliphatic carboxylic acids is 1. The zero-order valence-electron chi connectivity index (χ0n) is 22.6. The minimum absolute atomic E-state index is 0.0147. The molecule has 12 heteroatoms. The Morgan fingerprint density at radius 2 is 1.69 bits per heavy atom. The van der Waals surface area contributed by atoms with E-state index in [-0.39, 0.29) is 6.42 Å². The normalized spacial score (nSPS) is 22.8. The summed E-state index contributed by atoms with van der Waals surface area (Å²) in [5.41, 5.74) is -0.408. The summed E-state index contributed by atoms with van der Waals surface area (Å²) in [6, 6.07) is 11.3. The van der Waals surface area contributed by atoms with E-state index in [9.17, 15) is 23.1 Å². The first kappa shape index (κ1) is 32.9. The molecule has 0 spiro atoms. The third-order valence-electron chi connectivity index (χ3n) is 7.67. The van der Waals surface area contributed by atoms with E-state index in [4.69, 9.17) is 39.4 Å². The number of hydrogen-bond donors (Lipinski definition) is 4. The van der Waals surface area contributed by atoms with Crippen molar-refractivity contribution in [2.45, 2.75) is 36.1 Å². The van der Waals surface area contributed by atoms with Crippen LogP contribution in [0.3, 0.4) is 0 Å². The van der Waals surface area contributed by atoms with Gasteiger partial charge in [0.15, 0.2) is 9.84 Å². The van der Waals surface area contributed by atoms with Gasteiger partial charge in [-0.1, -0.05) is 59.6 Å². The Kier molecular flexibility index (Phi) is 10.6. The van der Waals surface area contributed by atoms with E-state index in [1.807, 2.05) is 0 Å². The van der Waals surface area contributed by atoms with Gasteiger partial charge in [-0.15, -0.1) is 13.2 Å². The molecule has 0 aromatic heterocycles. The van der Waals surface area contributed by atoms with Gasteiger partial charge in [0.2, 0.25) is 5.91 Å². The maximum Gasteiger partial charge on any atom is 0.304 e. The molecule has 1 amide bonds. The monoisotopic (exact) mass is 630 g/mol. The zero-order chi connectivity index (χ0) is 31.2. The van der Waals surface area contributed by atoms with Crippen LogP contribution < -0.4 is 0 Å². The van der Waals surface area contributed by atoms with Crippen LogP contribution in [-0.4, -0.2) is 66.0 Å². The molecular formula is C30H32Cl2N4O5S. The van der Waals surface area contributed by atoms with Crippen LogP contribution in [0.5, 0.6) is 0 Å². The van der Waals surface area contributed by atoms with Crippen LogP contribution in [0.15, 0.2) is 73.8 Å². The van der Waals surface area contributed by atoms with Crippen LogP contribution in [-0.2, 0) is 19.4 Å². The van der Waals surface area contributed by atoms with Gasteiger partial charge < -0.3 is 26.2 Å². The summed E-state index contributed by atoms with van der Waals surface area (Å²) in [7, 11) is -4.17. The van der Waals surface area contributed by atoms with Gasteiger partial charge in [0.1, 0.15) is 5.25 Å². The third-order valence-corrected chi connectivity index (χ3v) is 10.1. The minimum Gasteiger partial charge on any atom is -0.481 e. The number of rotatable bonds is 14. The molecule has 4 N–H and O–H groups in total. The third kappa shape index (κ3) is 6.72. The molecule has 1 saturated heterocycles. The molecule has 1 aliphatic heterocycles. The van der Waals surface area contributed by atoms with Crippen LogP contribution in [0.25, 0.3) is 0 Å².